The second-order valence-electron chi connectivity index (χ2n) is 7.04. The quantitative estimate of drug-likeness (QED) is 0.169. The number of imide groups is 1. The molecule has 0 spiro atoms. The molecule has 2 N–H and O–H groups in total. The maximum atomic E-state index is 12.3. The van der Waals surface area contributed by atoms with Crippen molar-refractivity contribution in [3.8, 4) is 5.75 Å². The van der Waals surface area contributed by atoms with Gasteiger partial charge in [0.05, 0.1) is 18.2 Å². The summed E-state index contributed by atoms with van der Waals surface area (Å²) in [7, 11) is 3.40. The lowest BCUT2D eigenvalue weighted by molar-refractivity contribution is 0.0652. The number of benzene rings is 2. The summed E-state index contributed by atoms with van der Waals surface area (Å²) in [5, 5.41) is 6.56. The minimum Gasteiger partial charge on any atom is -0.497 e. The number of hydrogen-bond acceptors (Lipinski definition) is 4. The largest absolute Gasteiger partial charge is 0.497 e. The van der Waals surface area contributed by atoms with Crippen molar-refractivity contribution < 1.29 is 14.3 Å². The first-order valence-electron chi connectivity index (χ1n) is 10.2. The Morgan fingerprint density at radius 1 is 0.935 bits per heavy atom. The number of nitrogens with zero attached hydrogens (tertiary/aromatic N) is 2. The smallest absolute Gasteiger partial charge is 0.261 e. The Morgan fingerprint density at radius 2 is 1.55 bits per heavy atom. The van der Waals surface area contributed by atoms with Crippen molar-refractivity contribution in [3.63, 3.8) is 0 Å². The average Bonchev–Trinajstić information content (AvgIpc) is 3.03. The van der Waals surface area contributed by atoms with E-state index in [9.17, 15) is 9.59 Å². The highest BCUT2D eigenvalue weighted by atomic mass is 127. The lowest BCUT2D eigenvalue weighted by Gasteiger charge is -2.15. The minimum absolute atomic E-state index is 0. The molecule has 0 aromatic heterocycles. The van der Waals surface area contributed by atoms with E-state index in [1.165, 1.54) is 10.5 Å². The van der Waals surface area contributed by atoms with E-state index >= 15 is 0 Å². The molecule has 0 aliphatic carbocycles. The normalized spacial score (nSPS) is 13.0. The summed E-state index contributed by atoms with van der Waals surface area (Å²) < 4.78 is 5.17. The molecule has 0 fully saturated rings. The first-order chi connectivity index (χ1) is 14.6. The predicted molar refractivity (Wildman–Crippen MR) is 133 cm³/mol. The molecule has 31 heavy (non-hydrogen) atoms. The van der Waals surface area contributed by atoms with Gasteiger partial charge >= 0.3 is 0 Å². The maximum absolute atomic E-state index is 12.3. The van der Waals surface area contributed by atoms with E-state index in [1.54, 1.807) is 38.4 Å². The molecule has 1 aliphatic rings. The second kappa shape index (κ2) is 12.3. The Hall–Kier alpha value is -2.62. The van der Waals surface area contributed by atoms with Gasteiger partial charge in [0.1, 0.15) is 5.75 Å². The van der Waals surface area contributed by atoms with Gasteiger partial charge in [-0.2, -0.15) is 0 Å². The highest BCUT2D eigenvalue weighted by Gasteiger charge is 2.34. The third-order valence-corrected chi connectivity index (χ3v) is 5.07. The molecule has 166 valence electrons. The van der Waals surface area contributed by atoms with Gasteiger partial charge in [0.15, 0.2) is 5.96 Å². The molecule has 1 aliphatic heterocycles. The van der Waals surface area contributed by atoms with E-state index in [2.05, 4.69) is 27.8 Å². The fraction of sp³-hybridized carbons (Fsp3) is 0.348. The van der Waals surface area contributed by atoms with E-state index in [-0.39, 0.29) is 35.8 Å². The molecule has 2 aromatic carbocycles. The third kappa shape index (κ3) is 6.43. The number of methoxy groups -OCH3 is 1. The Balaban J connectivity index is 0.00000341. The highest BCUT2D eigenvalue weighted by molar-refractivity contribution is 14.0. The van der Waals surface area contributed by atoms with Crippen molar-refractivity contribution in [3.05, 3.63) is 65.2 Å². The van der Waals surface area contributed by atoms with Crippen LogP contribution in [0.25, 0.3) is 0 Å². The highest BCUT2D eigenvalue weighted by Crippen LogP contribution is 2.22. The van der Waals surface area contributed by atoms with Crippen molar-refractivity contribution in [2.75, 3.05) is 33.8 Å². The number of nitrogens with one attached hydrogen (secondary N) is 2. The molecule has 2 amide bonds. The van der Waals surface area contributed by atoms with Crippen LogP contribution < -0.4 is 15.4 Å². The topological polar surface area (TPSA) is 83.0 Å². The molecule has 0 bridgehead atoms. The molecule has 7 nitrogen and oxygen atoms in total. The molecule has 0 saturated heterocycles. The van der Waals surface area contributed by atoms with Gasteiger partial charge in [-0.05, 0) is 49.1 Å². The molecule has 0 saturated carbocycles. The van der Waals surface area contributed by atoms with Gasteiger partial charge in [-0.25, -0.2) is 0 Å². The van der Waals surface area contributed by atoms with Crippen LogP contribution in [0, 0.1) is 0 Å². The number of ether oxygens (including phenoxy) is 1. The fourth-order valence-corrected chi connectivity index (χ4v) is 3.38. The van der Waals surface area contributed by atoms with E-state index < -0.39 is 0 Å². The summed E-state index contributed by atoms with van der Waals surface area (Å²) in [5.41, 5.74) is 2.23. The fourth-order valence-electron chi connectivity index (χ4n) is 3.38. The van der Waals surface area contributed by atoms with E-state index in [4.69, 9.17) is 4.74 Å². The summed E-state index contributed by atoms with van der Waals surface area (Å²) in [6.45, 7) is 1.91. The third-order valence-electron chi connectivity index (χ3n) is 5.07. The Bertz CT molecular complexity index is 880. The summed E-state index contributed by atoms with van der Waals surface area (Å²) in [5.74, 6) is 1.20. The molecule has 1 heterocycles. The number of carbonyl (C=O) groups excluding carboxylic acids is 2. The zero-order valence-electron chi connectivity index (χ0n) is 17.9. The standard InChI is InChI=1S/C23H28N4O3.HI/c1-24-23(26-15-13-17-9-11-18(30-2)12-10-17)25-14-5-6-16-27-21(28)19-7-3-4-8-20(19)22(27)29;/h3-4,7-12H,5-6,13-16H2,1-2H3,(H2,24,25,26);1H. The van der Waals surface area contributed by atoms with Gasteiger partial charge < -0.3 is 15.4 Å². The van der Waals surface area contributed by atoms with Crippen molar-refractivity contribution in [2.45, 2.75) is 19.3 Å². The SMILES string of the molecule is CN=C(NCCCCN1C(=O)c2ccccc2C1=O)NCCc1ccc(OC)cc1.I. The van der Waals surface area contributed by atoms with Crippen LogP contribution in [0.2, 0.25) is 0 Å². The summed E-state index contributed by atoms with van der Waals surface area (Å²) in [4.78, 5) is 30.3. The Morgan fingerprint density at radius 3 is 2.13 bits per heavy atom. The van der Waals surface area contributed by atoms with Crippen molar-refractivity contribution in [1.29, 1.82) is 0 Å². The minimum atomic E-state index is -0.195. The molecule has 8 heteroatoms. The van der Waals surface area contributed by atoms with Crippen LogP contribution in [0.5, 0.6) is 5.75 Å². The van der Waals surface area contributed by atoms with E-state index in [0.717, 1.165) is 37.5 Å². The Labute approximate surface area is 200 Å². The molecule has 0 unspecified atom stereocenters. The van der Waals surface area contributed by atoms with Gasteiger partial charge in [0.25, 0.3) is 11.8 Å². The Kier molecular flexibility index (Phi) is 9.77. The van der Waals surface area contributed by atoms with Crippen LogP contribution in [-0.2, 0) is 6.42 Å². The summed E-state index contributed by atoms with van der Waals surface area (Å²) >= 11 is 0. The number of aliphatic imine (C=N–C) groups is 1. The van der Waals surface area contributed by atoms with Crippen LogP contribution in [-0.4, -0.2) is 56.5 Å². The first kappa shape index (κ1) is 24.6. The van der Waals surface area contributed by atoms with Crippen molar-refractivity contribution in [2.24, 2.45) is 4.99 Å². The number of guanidine groups is 1. The number of halogens is 1. The van der Waals surface area contributed by atoms with Crippen LogP contribution in [0.4, 0.5) is 0 Å². The zero-order chi connectivity index (χ0) is 21.3. The van der Waals surface area contributed by atoms with Crippen molar-refractivity contribution >= 4 is 41.8 Å². The monoisotopic (exact) mass is 536 g/mol. The number of fused-ring (bicyclic) bond motifs is 1. The van der Waals surface area contributed by atoms with Crippen LogP contribution in [0.1, 0.15) is 39.1 Å². The van der Waals surface area contributed by atoms with Gasteiger partial charge in [-0.3, -0.25) is 19.5 Å². The zero-order valence-corrected chi connectivity index (χ0v) is 20.2. The van der Waals surface area contributed by atoms with Gasteiger partial charge in [-0.1, -0.05) is 24.3 Å². The molecule has 2 aromatic rings. The van der Waals surface area contributed by atoms with Crippen LogP contribution in [0.3, 0.4) is 0 Å². The summed E-state index contributed by atoms with van der Waals surface area (Å²) in [6, 6.07) is 15.0. The first-order valence-corrected chi connectivity index (χ1v) is 10.2. The molecule has 3 rings (SSSR count). The van der Waals surface area contributed by atoms with E-state index in [1.807, 2.05) is 12.1 Å². The average molecular weight is 536 g/mol. The number of unbranched alkanes of at least 4 members (excludes halogenated alkanes) is 1. The van der Waals surface area contributed by atoms with E-state index in [0.29, 0.717) is 24.2 Å². The van der Waals surface area contributed by atoms with Gasteiger partial charge in [-0.15, -0.1) is 24.0 Å². The number of carbonyl (C=O) groups is 2. The second-order valence-corrected chi connectivity index (χ2v) is 7.04. The summed E-state index contributed by atoms with van der Waals surface area (Å²) in [6.07, 6.45) is 2.44. The van der Waals surface area contributed by atoms with Gasteiger partial charge in [0, 0.05) is 26.7 Å². The lowest BCUT2D eigenvalue weighted by Crippen LogP contribution is -2.39. The number of amides is 2. The maximum Gasteiger partial charge on any atom is 0.261 e. The molecule has 0 radical (unpaired) electrons. The van der Waals surface area contributed by atoms with Crippen LogP contribution in [0.15, 0.2) is 53.5 Å². The molecule has 0 atom stereocenters. The predicted octanol–water partition coefficient (Wildman–Crippen LogP) is 3.10. The molecular weight excluding hydrogens is 507 g/mol. The molecular formula is C23H29IN4O3. The van der Waals surface area contributed by atoms with Crippen LogP contribution >= 0.6 is 24.0 Å². The van der Waals surface area contributed by atoms with Gasteiger partial charge in [0.2, 0.25) is 0 Å². The lowest BCUT2D eigenvalue weighted by atomic mass is 10.1. The number of hydrogen-bond donors (Lipinski definition) is 2. The number of rotatable bonds is 9. The van der Waals surface area contributed by atoms with Crippen molar-refractivity contribution in [1.82, 2.24) is 15.5 Å².